The van der Waals surface area contributed by atoms with Crippen molar-refractivity contribution in [2.24, 2.45) is 0 Å². The van der Waals surface area contributed by atoms with Gasteiger partial charge >= 0.3 is 12.7 Å². The average molecular weight is 650 g/mol. The Labute approximate surface area is 248 Å². The van der Waals surface area contributed by atoms with E-state index in [0.29, 0.717) is 5.56 Å². The van der Waals surface area contributed by atoms with E-state index < -0.39 is 44.9 Å². The normalized spacial score (nSPS) is 13.6. The summed E-state index contributed by atoms with van der Waals surface area (Å²) in [7, 11) is -6.69. The van der Waals surface area contributed by atoms with Crippen molar-refractivity contribution in [2.75, 3.05) is 12.8 Å². The van der Waals surface area contributed by atoms with E-state index in [9.17, 15) is 38.0 Å². The lowest BCUT2D eigenvalue weighted by molar-refractivity contribution is -0.275. The third-order valence-electron chi connectivity index (χ3n) is 6.84. The number of benzene rings is 4. The minimum atomic E-state index is -6.69. The molecular weight excluding hydrogens is 621 g/mol. The first-order valence-electron chi connectivity index (χ1n) is 13.1. The summed E-state index contributed by atoms with van der Waals surface area (Å²) in [5, 5.41) is 3.02. The molecule has 0 saturated heterocycles. The molecule has 0 amide bonds. The van der Waals surface area contributed by atoms with Gasteiger partial charge < -0.3 is 14.8 Å². The number of halogens is 9. The molecule has 0 aliphatic rings. The maximum absolute atomic E-state index is 14.5. The third-order valence-corrected chi connectivity index (χ3v) is 8.30. The zero-order valence-electron chi connectivity index (χ0n) is 23.1. The molecule has 238 valence electrons. The Balaban J connectivity index is 1.86. The highest BCUT2D eigenvalue weighted by Gasteiger charge is 2.39. The zero-order valence-corrected chi connectivity index (χ0v) is 24.0. The summed E-state index contributed by atoms with van der Waals surface area (Å²) in [5.41, 5.74) is -0.370. The molecule has 4 aromatic rings. The fourth-order valence-electron chi connectivity index (χ4n) is 5.10. The second-order valence-corrected chi connectivity index (χ2v) is 13.1. The van der Waals surface area contributed by atoms with Gasteiger partial charge in [-0.15, -0.1) is 26.3 Å². The highest BCUT2D eigenvalue weighted by molar-refractivity contribution is 8.37. The summed E-state index contributed by atoms with van der Waals surface area (Å²) in [6, 6.07) is 23.6. The predicted molar refractivity (Wildman–Crippen MR) is 152 cm³/mol. The predicted octanol–water partition coefficient (Wildman–Crippen LogP) is 9.52. The van der Waals surface area contributed by atoms with Crippen LogP contribution in [-0.4, -0.2) is 25.5 Å². The topological polar surface area (TPSA) is 30.5 Å². The molecule has 0 bridgehead atoms. The molecule has 0 fully saturated rings. The van der Waals surface area contributed by atoms with Gasteiger partial charge in [-0.2, -0.15) is 11.7 Å². The van der Waals surface area contributed by atoms with Gasteiger partial charge in [0.2, 0.25) is 0 Å². The van der Waals surface area contributed by atoms with Crippen molar-refractivity contribution in [3.05, 3.63) is 125 Å². The Morgan fingerprint density at radius 2 is 1.14 bits per heavy atom. The lowest BCUT2D eigenvalue weighted by Gasteiger charge is -2.38. The van der Waals surface area contributed by atoms with Gasteiger partial charge in [0, 0.05) is 24.8 Å². The van der Waals surface area contributed by atoms with E-state index in [-0.39, 0.29) is 42.5 Å². The Morgan fingerprint density at radius 1 is 0.636 bits per heavy atom. The summed E-state index contributed by atoms with van der Waals surface area (Å²) in [6.07, 6.45) is -9.76. The molecule has 4 rings (SSSR count). The zero-order chi connectivity index (χ0) is 32.3. The van der Waals surface area contributed by atoms with Crippen LogP contribution in [0.1, 0.15) is 22.3 Å². The minimum Gasteiger partial charge on any atom is -0.406 e. The Morgan fingerprint density at radius 3 is 1.64 bits per heavy atom. The van der Waals surface area contributed by atoms with Gasteiger partial charge in [0.25, 0.3) is 0 Å². The fourth-order valence-corrected chi connectivity index (χ4v) is 6.27. The highest BCUT2D eigenvalue weighted by atomic mass is 32.4. The van der Waals surface area contributed by atoms with Crippen LogP contribution in [0.2, 0.25) is 0 Å². The van der Waals surface area contributed by atoms with Gasteiger partial charge in [0.15, 0.2) is 0 Å². The molecule has 0 aliphatic heterocycles. The maximum atomic E-state index is 14.5. The molecule has 13 heteroatoms. The Bertz CT molecular complexity index is 1500. The van der Waals surface area contributed by atoms with Crippen LogP contribution >= 0.6 is 10.3 Å². The van der Waals surface area contributed by atoms with Crippen molar-refractivity contribution in [1.29, 1.82) is 0 Å². The molecule has 44 heavy (non-hydrogen) atoms. The van der Waals surface area contributed by atoms with Gasteiger partial charge in [-0.25, -0.2) is 0 Å². The molecule has 0 aliphatic carbocycles. The molecule has 0 unspecified atom stereocenters. The van der Waals surface area contributed by atoms with Crippen molar-refractivity contribution in [2.45, 2.75) is 36.0 Å². The summed E-state index contributed by atoms with van der Waals surface area (Å²) in [4.78, 5) is -0.763. The van der Waals surface area contributed by atoms with Crippen LogP contribution in [0.3, 0.4) is 0 Å². The van der Waals surface area contributed by atoms with Crippen molar-refractivity contribution in [3.63, 3.8) is 0 Å². The van der Waals surface area contributed by atoms with E-state index in [1.807, 2.05) is 0 Å². The molecule has 0 aromatic heterocycles. The van der Waals surface area contributed by atoms with Crippen LogP contribution < -0.4 is 14.8 Å². The maximum Gasteiger partial charge on any atom is 0.573 e. The van der Waals surface area contributed by atoms with Crippen molar-refractivity contribution in [1.82, 2.24) is 5.32 Å². The lowest BCUT2D eigenvalue weighted by Crippen LogP contribution is -2.41. The van der Waals surface area contributed by atoms with E-state index in [1.165, 1.54) is 42.5 Å². The van der Waals surface area contributed by atoms with Crippen LogP contribution in [0.5, 0.6) is 11.5 Å². The van der Waals surface area contributed by atoms with Crippen molar-refractivity contribution < 1.29 is 47.5 Å². The lowest BCUT2D eigenvalue weighted by atomic mass is 9.70. The van der Waals surface area contributed by atoms with Gasteiger partial charge in [0.1, 0.15) is 11.5 Å². The number of ether oxygens (including phenoxy) is 2. The van der Waals surface area contributed by atoms with E-state index >= 15 is 0 Å². The first-order valence-corrected chi connectivity index (χ1v) is 15.5. The van der Waals surface area contributed by atoms with Gasteiger partial charge in [0.05, 0.1) is 15.2 Å². The van der Waals surface area contributed by atoms with Crippen LogP contribution in [-0.2, 0) is 18.4 Å². The van der Waals surface area contributed by atoms with Crippen LogP contribution in [0.25, 0.3) is 0 Å². The number of nitrogens with one attached hydrogen (secondary N) is 1. The first kappa shape index (κ1) is 33.1. The SMILES string of the molecule is C[SH](F)(F)(F)c1ccccc1CNCC(Cc1ccccc1)(c1cccc(OC(F)(F)F)c1)c1cccc(OC(F)(F)F)c1. The molecule has 4 aromatic carbocycles. The van der Waals surface area contributed by atoms with Gasteiger partial charge in [-0.3, -0.25) is 0 Å². The second kappa shape index (κ2) is 12.3. The van der Waals surface area contributed by atoms with E-state index in [4.69, 9.17) is 0 Å². The summed E-state index contributed by atoms with van der Waals surface area (Å²) < 4.78 is 131. The molecule has 0 heterocycles. The molecule has 0 saturated carbocycles. The van der Waals surface area contributed by atoms with Crippen LogP contribution in [0.4, 0.5) is 38.0 Å². The largest absolute Gasteiger partial charge is 0.573 e. The fraction of sp³-hybridized carbons (Fsp3) is 0.226. The van der Waals surface area contributed by atoms with Crippen molar-refractivity contribution >= 4 is 10.3 Å². The molecular formula is C31H28F9NO2S. The second-order valence-electron chi connectivity index (χ2n) is 10.3. The molecule has 3 nitrogen and oxygen atoms in total. The first-order chi connectivity index (χ1) is 20.4. The van der Waals surface area contributed by atoms with Crippen molar-refractivity contribution in [3.8, 4) is 11.5 Å². The van der Waals surface area contributed by atoms with Gasteiger partial charge in [-0.1, -0.05) is 72.8 Å². The van der Waals surface area contributed by atoms with E-state index in [1.54, 1.807) is 30.3 Å². The number of thiol groups is 1. The monoisotopic (exact) mass is 649 g/mol. The molecule has 0 spiro atoms. The Hall–Kier alpha value is -3.84. The van der Waals surface area contributed by atoms with E-state index in [2.05, 4.69) is 14.8 Å². The van der Waals surface area contributed by atoms with Crippen LogP contribution in [0, 0.1) is 0 Å². The molecule has 1 N–H and O–H groups in total. The van der Waals surface area contributed by atoms with Crippen LogP contribution in [0.15, 0.2) is 108 Å². The smallest absolute Gasteiger partial charge is 0.406 e. The summed E-state index contributed by atoms with van der Waals surface area (Å²) >= 11 is 0. The number of rotatable bonds is 11. The summed E-state index contributed by atoms with van der Waals surface area (Å²) in [6.45, 7) is -0.473. The Kier molecular flexibility index (Phi) is 9.22. The number of hydrogen-bond acceptors (Lipinski definition) is 3. The summed E-state index contributed by atoms with van der Waals surface area (Å²) in [5.74, 6) is -1.15. The van der Waals surface area contributed by atoms with E-state index in [0.717, 1.165) is 30.3 Å². The quantitative estimate of drug-likeness (QED) is 0.125. The number of alkyl halides is 6. The standard InChI is InChI=1S/C31H28F9NO2S/c1-44(38,39,40)28-16-6-5-11-23(28)20-41-21-29(19-22-9-3-2-4-10-22,24-12-7-14-26(17-24)42-30(32,33)34)25-13-8-15-27(18-25)43-31(35,36)37/h2-18,41,44H,19-21H2,1H3. The third kappa shape index (κ3) is 8.85. The van der Waals surface area contributed by atoms with Gasteiger partial charge in [-0.05, 0) is 59.0 Å². The highest BCUT2D eigenvalue weighted by Crippen LogP contribution is 2.78. The molecule has 0 atom stereocenters. The molecule has 0 radical (unpaired) electrons. The average Bonchev–Trinajstić information content (AvgIpc) is 2.91. The minimum absolute atomic E-state index is 0.0377. The number of hydrogen-bond donors (Lipinski definition) is 2.